The lowest BCUT2D eigenvalue weighted by Crippen LogP contribution is -2.27. The van der Waals surface area contributed by atoms with E-state index in [9.17, 15) is 0 Å². The molecule has 0 spiro atoms. The Bertz CT molecular complexity index is 246. The van der Waals surface area contributed by atoms with Crippen LogP contribution in [0.15, 0.2) is 4.99 Å². The van der Waals surface area contributed by atoms with Crippen LogP contribution in [0, 0.1) is 5.92 Å². The van der Waals surface area contributed by atoms with Gasteiger partial charge in [-0.05, 0) is 32.1 Å². The van der Waals surface area contributed by atoms with E-state index in [1.165, 1.54) is 32.1 Å². The number of ether oxygens (including phenoxy) is 1. The molecule has 2 aliphatic carbocycles. The summed E-state index contributed by atoms with van der Waals surface area (Å²) in [4.78, 5) is 4.71. The Labute approximate surface area is 98.5 Å². The summed E-state index contributed by atoms with van der Waals surface area (Å²) in [6, 6.07) is 0.423. The van der Waals surface area contributed by atoms with Crippen LogP contribution in [0.5, 0.6) is 0 Å². The van der Waals surface area contributed by atoms with Crippen molar-refractivity contribution in [2.24, 2.45) is 16.6 Å². The quantitative estimate of drug-likeness (QED) is 0.591. The van der Waals surface area contributed by atoms with Gasteiger partial charge in [0, 0.05) is 13.0 Å². The molecule has 3 nitrogen and oxygen atoms in total. The third-order valence-corrected chi connectivity index (χ3v) is 4.05. The van der Waals surface area contributed by atoms with E-state index in [2.05, 4.69) is 0 Å². The van der Waals surface area contributed by atoms with Crippen LogP contribution in [-0.2, 0) is 4.74 Å². The van der Waals surface area contributed by atoms with Gasteiger partial charge in [0.15, 0.2) is 0 Å². The van der Waals surface area contributed by atoms with Gasteiger partial charge < -0.3 is 10.5 Å². The number of methoxy groups -OCH3 is 1. The van der Waals surface area contributed by atoms with Gasteiger partial charge in [-0.2, -0.15) is 0 Å². The minimum absolute atomic E-state index is 0.410. The molecule has 0 aromatic carbocycles. The van der Waals surface area contributed by atoms with Gasteiger partial charge in [-0.25, -0.2) is 0 Å². The topological polar surface area (TPSA) is 47.6 Å². The molecule has 3 heteroatoms. The van der Waals surface area contributed by atoms with Gasteiger partial charge in [0.2, 0.25) is 0 Å². The highest BCUT2D eigenvalue weighted by molar-refractivity contribution is 5.83. The molecule has 0 aromatic heterocycles. The number of hydrogen-bond donors (Lipinski definition) is 1. The fourth-order valence-corrected chi connectivity index (χ4v) is 2.96. The van der Waals surface area contributed by atoms with Gasteiger partial charge in [0.25, 0.3) is 0 Å². The highest BCUT2D eigenvalue weighted by Crippen LogP contribution is 2.27. The molecule has 92 valence electrons. The van der Waals surface area contributed by atoms with Crippen molar-refractivity contribution < 1.29 is 4.74 Å². The second-order valence-corrected chi connectivity index (χ2v) is 5.21. The standard InChI is InChI=1S/C13H24N2O/c1-16-12-8-7-11(9-12)15-13(14)10-5-3-2-4-6-10/h10-12H,2-9H2,1H3,(H2,14,15). The smallest absolute Gasteiger partial charge is 0.0971 e. The van der Waals surface area contributed by atoms with Crippen LogP contribution in [0.1, 0.15) is 51.4 Å². The molecular weight excluding hydrogens is 200 g/mol. The van der Waals surface area contributed by atoms with Crippen molar-refractivity contribution in [3.63, 3.8) is 0 Å². The number of rotatable bonds is 3. The average molecular weight is 224 g/mol. The number of amidine groups is 1. The largest absolute Gasteiger partial charge is 0.387 e. The van der Waals surface area contributed by atoms with Crippen LogP contribution in [0.2, 0.25) is 0 Å². The number of nitrogens with two attached hydrogens (primary N) is 1. The fraction of sp³-hybridized carbons (Fsp3) is 0.923. The summed E-state index contributed by atoms with van der Waals surface area (Å²) in [6.45, 7) is 0. The minimum Gasteiger partial charge on any atom is -0.387 e. The van der Waals surface area contributed by atoms with Crippen molar-refractivity contribution in [3.05, 3.63) is 0 Å². The third-order valence-electron chi connectivity index (χ3n) is 4.05. The van der Waals surface area contributed by atoms with Crippen LogP contribution in [0.4, 0.5) is 0 Å². The molecule has 2 saturated carbocycles. The molecule has 0 heterocycles. The molecule has 2 aliphatic rings. The van der Waals surface area contributed by atoms with Crippen LogP contribution in [-0.4, -0.2) is 25.1 Å². The Morgan fingerprint density at radius 1 is 1.12 bits per heavy atom. The maximum absolute atomic E-state index is 6.12. The van der Waals surface area contributed by atoms with Crippen molar-refractivity contribution in [2.45, 2.75) is 63.5 Å². The van der Waals surface area contributed by atoms with E-state index in [0.29, 0.717) is 18.1 Å². The van der Waals surface area contributed by atoms with Gasteiger partial charge in [-0.15, -0.1) is 0 Å². The maximum atomic E-state index is 6.12. The van der Waals surface area contributed by atoms with E-state index in [4.69, 9.17) is 15.5 Å². The third kappa shape index (κ3) is 2.97. The summed E-state index contributed by atoms with van der Waals surface area (Å²) >= 11 is 0. The molecule has 0 aliphatic heterocycles. The summed E-state index contributed by atoms with van der Waals surface area (Å²) in [7, 11) is 1.79. The molecule has 2 unspecified atom stereocenters. The number of hydrogen-bond acceptors (Lipinski definition) is 2. The van der Waals surface area contributed by atoms with Crippen molar-refractivity contribution in [2.75, 3.05) is 7.11 Å². The monoisotopic (exact) mass is 224 g/mol. The normalized spacial score (nSPS) is 33.2. The molecule has 2 N–H and O–H groups in total. The van der Waals surface area contributed by atoms with Crippen molar-refractivity contribution in [1.82, 2.24) is 0 Å². The first-order valence-corrected chi connectivity index (χ1v) is 6.65. The zero-order valence-electron chi connectivity index (χ0n) is 10.3. The van der Waals surface area contributed by atoms with Gasteiger partial charge in [0.1, 0.15) is 0 Å². The highest BCUT2D eigenvalue weighted by Gasteiger charge is 2.25. The van der Waals surface area contributed by atoms with E-state index < -0.39 is 0 Å². The summed E-state index contributed by atoms with van der Waals surface area (Å²) in [5.74, 6) is 1.48. The summed E-state index contributed by atoms with van der Waals surface area (Å²) in [5, 5.41) is 0. The molecule has 2 fully saturated rings. The second-order valence-electron chi connectivity index (χ2n) is 5.21. The first-order valence-electron chi connectivity index (χ1n) is 6.65. The summed E-state index contributed by atoms with van der Waals surface area (Å²) < 4.78 is 5.36. The van der Waals surface area contributed by atoms with Crippen LogP contribution in [0.3, 0.4) is 0 Å². The first kappa shape index (κ1) is 11.9. The summed E-state index contributed by atoms with van der Waals surface area (Å²) in [5.41, 5.74) is 6.12. The highest BCUT2D eigenvalue weighted by atomic mass is 16.5. The summed E-state index contributed by atoms with van der Waals surface area (Å²) in [6.07, 6.45) is 10.3. The second kappa shape index (κ2) is 5.67. The first-order chi connectivity index (χ1) is 7.79. The van der Waals surface area contributed by atoms with E-state index in [1.54, 1.807) is 7.11 Å². The molecule has 2 atom stereocenters. The van der Waals surface area contributed by atoms with Crippen LogP contribution < -0.4 is 5.73 Å². The number of aliphatic imine (C=N–C) groups is 1. The average Bonchev–Trinajstić information content (AvgIpc) is 2.78. The van der Waals surface area contributed by atoms with E-state index >= 15 is 0 Å². The Morgan fingerprint density at radius 2 is 1.88 bits per heavy atom. The Hall–Kier alpha value is -0.570. The molecule has 2 rings (SSSR count). The molecule has 0 aromatic rings. The maximum Gasteiger partial charge on any atom is 0.0971 e. The van der Waals surface area contributed by atoms with E-state index in [-0.39, 0.29) is 0 Å². The lowest BCUT2D eigenvalue weighted by Gasteiger charge is -2.21. The SMILES string of the molecule is COC1CCC(N=C(N)C2CCCCC2)C1. The Balaban J connectivity index is 1.85. The molecule has 16 heavy (non-hydrogen) atoms. The van der Waals surface area contributed by atoms with Gasteiger partial charge in [0.05, 0.1) is 18.0 Å². The zero-order chi connectivity index (χ0) is 11.4. The fourth-order valence-electron chi connectivity index (χ4n) is 2.96. The molecular formula is C13H24N2O. The molecule has 0 radical (unpaired) electrons. The van der Waals surface area contributed by atoms with Gasteiger partial charge in [-0.3, -0.25) is 4.99 Å². The van der Waals surface area contributed by atoms with Gasteiger partial charge >= 0.3 is 0 Å². The Kier molecular flexibility index (Phi) is 4.22. The van der Waals surface area contributed by atoms with E-state index in [0.717, 1.165) is 25.1 Å². The Morgan fingerprint density at radius 3 is 2.50 bits per heavy atom. The van der Waals surface area contributed by atoms with Crippen LogP contribution >= 0.6 is 0 Å². The predicted molar refractivity (Wildman–Crippen MR) is 66.6 cm³/mol. The van der Waals surface area contributed by atoms with E-state index in [1.807, 2.05) is 0 Å². The lowest BCUT2D eigenvalue weighted by molar-refractivity contribution is 0.108. The van der Waals surface area contributed by atoms with Crippen molar-refractivity contribution in [3.8, 4) is 0 Å². The van der Waals surface area contributed by atoms with Crippen molar-refractivity contribution in [1.29, 1.82) is 0 Å². The predicted octanol–water partition coefficient (Wildman–Crippen LogP) is 2.49. The lowest BCUT2D eigenvalue weighted by atomic mass is 9.88. The van der Waals surface area contributed by atoms with Crippen molar-refractivity contribution >= 4 is 5.84 Å². The molecule has 0 saturated heterocycles. The van der Waals surface area contributed by atoms with Crippen LogP contribution in [0.25, 0.3) is 0 Å². The van der Waals surface area contributed by atoms with Gasteiger partial charge in [-0.1, -0.05) is 19.3 Å². The zero-order valence-corrected chi connectivity index (χ0v) is 10.3. The molecule has 0 bridgehead atoms. The number of nitrogens with zero attached hydrogens (tertiary/aromatic N) is 1. The minimum atomic E-state index is 0.410. The molecule has 0 amide bonds.